The van der Waals surface area contributed by atoms with Gasteiger partial charge in [0, 0.05) is 5.56 Å². The topological polar surface area (TPSA) is 75.3 Å². The molecule has 0 aromatic heterocycles. The Kier molecular flexibility index (Phi) is 4.90. The van der Waals surface area contributed by atoms with Crippen LogP contribution >= 0.6 is 12.2 Å². The molecule has 92 valence electrons. The molecule has 1 amide bonds. The number of phenolic OH excluding ortho intramolecular Hbond substituents is 1. The van der Waals surface area contributed by atoms with Crippen LogP contribution in [0.1, 0.15) is 30.1 Å². The van der Waals surface area contributed by atoms with Gasteiger partial charge in [0.05, 0.1) is 11.0 Å². The fraction of sp³-hybridized carbons (Fsp3) is 0.333. The lowest BCUT2D eigenvalue weighted by Gasteiger charge is -2.16. The maximum atomic E-state index is 11.8. The number of aromatic hydroxyl groups is 1. The van der Waals surface area contributed by atoms with E-state index in [0.717, 1.165) is 6.42 Å². The summed E-state index contributed by atoms with van der Waals surface area (Å²) in [5.74, 6) is -0.229. The fourth-order valence-corrected chi connectivity index (χ4v) is 1.64. The Morgan fingerprint density at radius 1 is 1.59 bits per heavy atom. The third-order valence-electron chi connectivity index (χ3n) is 2.33. The molecule has 0 radical (unpaired) electrons. The molecule has 1 atom stereocenters. The van der Waals surface area contributed by atoms with Crippen molar-refractivity contribution in [2.45, 2.75) is 25.8 Å². The van der Waals surface area contributed by atoms with E-state index in [1.54, 1.807) is 12.1 Å². The molecule has 1 aromatic carbocycles. The number of thiocarbonyl (C=S) groups is 1. The number of benzene rings is 1. The Morgan fingerprint density at radius 2 is 2.29 bits per heavy atom. The summed E-state index contributed by atoms with van der Waals surface area (Å²) < 4.78 is 0. The first kappa shape index (κ1) is 13.4. The van der Waals surface area contributed by atoms with Gasteiger partial charge in [-0.15, -0.1) is 0 Å². The van der Waals surface area contributed by atoms with Crippen LogP contribution in [0.3, 0.4) is 0 Å². The maximum Gasteiger partial charge on any atom is 0.251 e. The molecule has 0 aliphatic carbocycles. The van der Waals surface area contributed by atoms with Crippen molar-refractivity contribution in [1.29, 1.82) is 0 Å². The molecule has 0 heterocycles. The summed E-state index contributed by atoms with van der Waals surface area (Å²) in [5, 5.41) is 12.0. The molecular weight excluding hydrogens is 236 g/mol. The zero-order valence-corrected chi connectivity index (χ0v) is 10.5. The highest BCUT2D eigenvalue weighted by Gasteiger charge is 2.15. The lowest BCUT2D eigenvalue weighted by Crippen LogP contribution is -2.43. The monoisotopic (exact) mass is 252 g/mol. The van der Waals surface area contributed by atoms with E-state index in [1.807, 2.05) is 6.92 Å². The van der Waals surface area contributed by atoms with Gasteiger partial charge in [-0.1, -0.05) is 31.6 Å². The molecule has 0 aliphatic rings. The average Bonchev–Trinajstić information content (AvgIpc) is 2.28. The molecule has 0 aliphatic heterocycles. The Hall–Kier alpha value is -1.62. The summed E-state index contributed by atoms with van der Waals surface area (Å²) in [5.41, 5.74) is 5.94. The van der Waals surface area contributed by atoms with Gasteiger partial charge in [-0.05, 0) is 24.6 Å². The highest BCUT2D eigenvalue weighted by molar-refractivity contribution is 7.80. The number of phenols is 1. The Balaban J connectivity index is 2.73. The van der Waals surface area contributed by atoms with Crippen molar-refractivity contribution in [3.63, 3.8) is 0 Å². The summed E-state index contributed by atoms with van der Waals surface area (Å²) in [4.78, 5) is 12.1. The summed E-state index contributed by atoms with van der Waals surface area (Å²) in [6.07, 6.45) is 1.59. The molecular formula is C12H16N2O2S. The SMILES string of the molecule is CCCC(NC(=O)c1cccc(O)c1)C(N)=S. The lowest BCUT2D eigenvalue weighted by molar-refractivity contribution is 0.0945. The first-order chi connectivity index (χ1) is 8.04. The zero-order chi connectivity index (χ0) is 12.8. The van der Waals surface area contributed by atoms with Crippen molar-refractivity contribution >= 4 is 23.1 Å². The number of hydrogen-bond acceptors (Lipinski definition) is 3. The van der Waals surface area contributed by atoms with Gasteiger partial charge >= 0.3 is 0 Å². The molecule has 4 N–H and O–H groups in total. The van der Waals surface area contributed by atoms with E-state index >= 15 is 0 Å². The molecule has 1 unspecified atom stereocenters. The second-order valence-electron chi connectivity index (χ2n) is 3.77. The van der Waals surface area contributed by atoms with Gasteiger partial charge in [-0.2, -0.15) is 0 Å². The van der Waals surface area contributed by atoms with Gasteiger partial charge in [-0.3, -0.25) is 4.79 Å². The van der Waals surface area contributed by atoms with E-state index in [0.29, 0.717) is 12.0 Å². The normalized spacial score (nSPS) is 11.8. The van der Waals surface area contributed by atoms with Gasteiger partial charge in [0.15, 0.2) is 0 Å². The third kappa shape index (κ3) is 4.03. The molecule has 0 fully saturated rings. The van der Waals surface area contributed by atoms with Crippen molar-refractivity contribution in [3.8, 4) is 5.75 Å². The number of hydrogen-bond donors (Lipinski definition) is 3. The average molecular weight is 252 g/mol. The first-order valence-electron chi connectivity index (χ1n) is 5.43. The van der Waals surface area contributed by atoms with Gasteiger partial charge in [-0.25, -0.2) is 0 Å². The minimum atomic E-state index is -0.301. The van der Waals surface area contributed by atoms with Crippen LogP contribution in [0.2, 0.25) is 0 Å². The Labute approximate surface area is 106 Å². The van der Waals surface area contributed by atoms with E-state index in [1.165, 1.54) is 12.1 Å². The van der Waals surface area contributed by atoms with E-state index in [4.69, 9.17) is 18.0 Å². The summed E-state index contributed by atoms with van der Waals surface area (Å²) >= 11 is 4.89. The number of carbonyl (C=O) groups excluding carboxylic acids is 1. The minimum absolute atomic E-state index is 0.0556. The molecule has 5 heteroatoms. The van der Waals surface area contributed by atoms with Gasteiger partial charge in [0.25, 0.3) is 5.91 Å². The molecule has 4 nitrogen and oxygen atoms in total. The van der Waals surface area contributed by atoms with Crippen LogP contribution in [0.25, 0.3) is 0 Å². The van der Waals surface area contributed by atoms with Gasteiger partial charge < -0.3 is 16.2 Å². The standard InChI is InChI=1S/C12H16N2O2S/c1-2-4-10(11(13)17)14-12(16)8-5-3-6-9(15)7-8/h3,5-7,10,15H,2,4H2,1H3,(H2,13,17)(H,14,16). The minimum Gasteiger partial charge on any atom is -0.508 e. The van der Waals surface area contributed by atoms with Gasteiger partial charge in [0.2, 0.25) is 0 Å². The molecule has 17 heavy (non-hydrogen) atoms. The number of carbonyl (C=O) groups is 1. The predicted molar refractivity (Wildman–Crippen MR) is 71.1 cm³/mol. The van der Waals surface area contributed by atoms with Crippen molar-refractivity contribution in [2.75, 3.05) is 0 Å². The van der Waals surface area contributed by atoms with Crippen LogP contribution in [0.5, 0.6) is 5.75 Å². The van der Waals surface area contributed by atoms with E-state index in [2.05, 4.69) is 5.32 Å². The maximum absolute atomic E-state index is 11.8. The highest BCUT2D eigenvalue weighted by Crippen LogP contribution is 2.11. The van der Waals surface area contributed by atoms with E-state index in [-0.39, 0.29) is 22.7 Å². The van der Waals surface area contributed by atoms with Crippen LogP contribution in [0.15, 0.2) is 24.3 Å². The largest absolute Gasteiger partial charge is 0.508 e. The molecule has 1 aromatic rings. The molecule has 0 saturated heterocycles. The molecule has 0 spiro atoms. The lowest BCUT2D eigenvalue weighted by atomic mass is 10.1. The number of rotatable bonds is 5. The zero-order valence-electron chi connectivity index (χ0n) is 9.64. The number of nitrogens with one attached hydrogen (secondary N) is 1. The van der Waals surface area contributed by atoms with Crippen molar-refractivity contribution in [3.05, 3.63) is 29.8 Å². The molecule has 0 saturated carbocycles. The van der Waals surface area contributed by atoms with Crippen molar-refractivity contribution in [2.24, 2.45) is 5.73 Å². The van der Waals surface area contributed by atoms with Crippen molar-refractivity contribution < 1.29 is 9.90 Å². The quantitative estimate of drug-likeness (QED) is 0.695. The van der Waals surface area contributed by atoms with Gasteiger partial charge in [0.1, 0.15) is 5.75 Å². The molecule has 0 bridgehead atoms. The van der Waals surface area contributed by atoms with Crippen LogP contribution in [-0.2, 0) is 0 Å². The smallest absolute Gasteiger partial charge is 0.251 e. The van der Waals surface area contributed by atoms with Crippen LogP contribution in [-0.4, -0.2) is 22.0 Å². The summed E-state index contributed by atoms with van der Waals surface area (Å²) in [6.45, 7) is 1.99. The predicted octanol–water partition coefficient (Wildman–Crippen LogP) is 1.58. The second-order valence-corrected chi connectivity index (χ2v) is 4.24. The summed E-state index contributed by atoms with van der Waals surface area (Å²) in [7, 11) is 0. The fourth-order valence-electron chi connectivity index (χ4n) is 1.46. The van der Waals surface area contributed by atoms with E-state index < -0.39 is 0 Å². The molecule has 1 rings (SSSR count). The van der Waals surface area contributed by atoms with Crippen molar-refractivity contribution in [1.82, 2.24) is 5.32 Å². The summed E-state index contributed by atoms with van der Waals surface area (Å²) in [6, 6.07) is 5.84. The van der Waals surface area contributed by atoms with E-state index in [9.17, 15) is 9.90 Å². The number of amides is 1. The second kappa shape index (κ2) is 6.20. The Bertz CT molecular complexity index is 421. The first-order valence-corrected chi connectivity index (χ1v) is 5.84. The Morgan fingerprint density at radius 3 is 2.82 bits per heavy atom. The van der Waals surface area contributed by atoms with Crippen LogP contribution in [0, 0.1) is 0 Å². The van der Waals surface area contributed by atoms with Crippen LogP contribution in [0.4, 0.5) is 0 Å². The highest BCUT2D eigenvalue weighted by atomic mass is 32.1. The van der Waals surface area contributed by atoms with Crippen LogP contribution < -0.4 is 11.1 Å². The third-order valence-corrected chi connectivity index (χ3v) is 2.62. The number of nitrogens with two attached hydrogens (primary N) is 1.